The molecule has 0 spiro atoms. The zero-order valence-corrected chi connectivity index (χ0v) is 10.7. The maximum absolute atomic E-state index is 5.32. The summed E-state index contributed by atoms with van der Waals surface area (Å²) >= 11 is 0. The Bertz CT molecular complexity index is 440. The van der Waals surface area contributed by atoms with Crippen molar-refractivity contribution in [3.63, 3.8) is 0 Å². The lowest BCUT2D eigenvalue weighted by Crippen LogP contribution is -2.32. The van der Waals surface area contributed by atoms with E-state index in [1.165, 1.54) is 16.8 Å². The quantitative estimate of drug-likeness (QED) is 0.808. The molecule has 0 amide bonds. The van der Waals surface area contributed by atoms with E-state index < -0.39 is 0 Å². The fraction of sp³-hybridized carbons (Fsp3) is 0.467. The molecule has 1 aromatic carbocycles. The van der Waals surface area contributed by atoms with Gasteiger partial charge in [0.05, 0.1) is 12.7 Å². The van der Waals surface area contributed by atoms with E-state index in [0.717, 1.165) is 39.2 Å². The lowest BCUT2D eigenvalue weighted by molar-refractivity contribution is 0.254. The summed E-state index contributed by atoms with van der Waals surface area (Å²) in [6.45, 7) is 9.36. The molecule has 1 saturated heterocycles. The first-order valence-electron chi connectivity index (χ1n) is 6.68. The number of para-hydroxylation sites is 1. The molecule has 1 atom stereocenters. The number of hydrogen-bond acceptors (Lipinski definition) is 3. The predicted octanol–water partition coefficient (Wildman–Crippen LogP) is 2.22. The first-order valence-corrected chi connectivity index (χ1v) is 6.68. The normalized spacial score (nSPS) is 24.4. The van der Waals surface area contributed by atoms with Gasteiger partial charge in [0.2, 0.25) is 0 Å². The summed E-state index contributed by atoms with van der Waals surface area (Å²) < 4.78 is 5.32. The number of benzene rings is 1. The molecule has 18 heavy (non-hydrogen) atoms. The Morgan fingerprint density at radius 1 is 1.33 bits per heavy atom. The van der Waals surface area contributed by atoms with Crippen LogP contribution in [-0.2, 0) is 4.74 Å². The van der Waals surface area contributed by atoms with Crippen LogP contribution >= 0.6 is 0 Å². The number of nitrogens with zero attached hydrogens (tertiary/aromatic N) is 1. The third-order valence-electron chi connectivity index (χ3n) is 3.65. The van der Waals surface area contributed by atoms with E-state index in [9.17, 15) is 0 Å². The van der Waals surface area contributed by atoms with Crippen LogP contribution in [-0.4, -0.2) is 43.8 Å². The Kier molecular flexibility index (Phi) is 3.35. The number of ether oxygens (including phenoxy) is 1. The van der Waals surface area contributed by atoms with E-state index in [1.807, 2.05) is 0 Å². The number of nitrogens with one attached hydrogen (secondary N) is 1. The van der Waals surface area contributed by atoms with Gasteiger partial charge in [0.1, 0.15) is 0 Å². The molecule has 0 aliphatic carbocycles. The average Bonchev–Trinajstić information content (AvgIpc) is 3.18. The van der Waals surface area contributed by atoms with Crippen molar-refractivity contribution in [1.82, 2.24) is 4.90 Å². The Labute approximate surface area is 108 Å². The molecular weight excluding hydrogens is 224 g/mol. The molecule has 0 radical (unpaired) electrons. The van der Waals surface area contributed by atoms with Crippen LogP contribution in [0.4, 0.5) is 5.69 Å². The monoisotopic (exact) mass is 244 g/mol. The van der Waals surface area contributed by atoms with Gasteiger partial charge in [0, 0.05) is 37.4 Å². The number of rotatable bonds is 2. The fourth-order valence-electron chi connectivity index (χ4n) is 2.48. The number of hydrogen-bond donors (Lipinski definition) is 1. The van der Waals surface area contributed by atoms with Crippen molar-refractivity contribution in [2.24, 2.45) is 0 Å². The van der Waals surface area contributed by atoms with Crippen molar-refractivity contribution in [2.75, 3.05) is 38.1 Å². The van der Waals surface area contributed by atoms with Crippen LogP contribution in [0.5, 0.6) is 0 Å². The molecule has 2 aliphatic heterocycles. The van der Waals surface area contributed by atoms with E-state index in [4.69, 9.17) is 4.74 Å². The molecule has 0 aromatic heterocycles. The Hall–Kier alpha value is -1.32. The van der Waals surface area contributed by atoms with Gasteiger partial charge in [0.25, 0.3) is 0 Å². The zero-order valence-electron chi connectivity index (χ0n) is 10.7. The summed E-state index contributed by atoms with van der Waals surface area (Å²) in [5, 5.41) is 3.52. The lowest BCUT2D eigenvalue weighted by atomic mass is 10.0. The van der Waals surface area contributed by atoms with Crippen LogP contribution in [0.1, 0.15) is 12.0 Å². The molecule has 0 saturated carbocycles. The van der Waals surface area contributed by atoms with E-state index in [1.54, 1.807) is 0 Å². The standard InChI is InChI=1S/C15H20N2O/c1-12-6-8-17(10-13-11-18-13)9-7-16-15-5-3-2-4-14(12)15/h2-5,13,16H,1,6-11H2. The fourth-order valence-corrected chi connectivity index (χ4v) is 2.48. The summed E-state index contributed by atoms with van der Waals surface area (Å²) in [7, 11) is 0. The molecule has 3 rings (SSSR count). The first kappa shape index (κ1) is 11.8. The van der Waals surface area contributed by atoms with Crippen molar-refractivity contribution < 1.29 is 4.74 Å². The van der Waals surface area contributed by atoms with Crippen molar-refractivity contribution in [2.45, 2.75) is 12.5 Å². The Balaban J connectivity index is 1.71. The van der Waals surface area contributed by atoms with Crippen molar-refractivity contribution in [1.29, 1.82) is 0 Å². The first-order chi connectivity index (χ1) is 8.83. The minimum absolute atomic E-state index is 0.474. The molecule has 1 aromatic rings. The molecule has 3 heteroatoms. The van der Waals surface area contributed by atoms with Crippen LogP contribution in [0.2, 0.25) is 0 Å². The highest BCUT2D eigenvalue weighted by Gasteiger charge is 2.25. The Morgan fingerprint density at radius 3 is 3.00 bits per heavy atom. The summed E-state index contributed by atoms with van der Waals surface area (Å²) in [6, 6.07) is 8.46. The number of epoxide rings is 1. The van der Waals surface area contributed by atoms with Gasteiger partial charge >= 0.3 is 0 Å². The van der Waals surface area contributed by atoms with Gasteiger partial charge in [-0.1, -0.05) is 24.8 Å². The highest BCUT2D eigenvalue weighted by molar-refractivity contribution is 5.75. The van der Waals surface area contributed by atoms with Crippen LogP contribution < -0.4 is 5.32 Å². The second-order valence-electron chi connectivity index (χ2n) is 5.08. The number of anilines is 1. The van der Waals surface area contributed by atoms with E-state index in [2.05, 4.69) is 41.1 Å². The molecule has 1 fully saturated rings. The maximum atomic E-state index is 5.32. The SMILES string of the molecule is C=C1CCN(CC2CO2)CCNc2ccccc21. The molecule has 1 N–H and O–H groups in total. The van der Waals surface area contributed by atoms with Gasteiger partial charge in [-0.25, -0.2) is 0 Å². The van der Waals surface area contributed by atoms with Gasteiger partial charge in [-0.05, 0) is 18.1 Å². The molecule has 1 unspecified atom stereocenters. The highest BCUT2D eigenvalue weighted by atomic mass is 16.6. The second kappa shape index (κ2) is 5.12. The third-order valence-corrected chi connectivity index (χ3v) is 3.65. The topological polar surface area (TPSA) is 27.8 Å². The van der Waals surface area contributed by atoms with Crippen LogP contribution in [0.15, 0.2) is 30.8 Å². The van der Waals surface area contributed by atoms with Gasteiger partial charge in [-0.2, -0.15) is 0 Å². The molecule has 96 valence electrons. The summed E-state index contributed by atoms with van der Waals surface area (Å²) in [5.74, 6) is 0. The van der Waals surface area contributed by atoms with E-state index in [0.29, 0.717) is 6.10 Å². The third kappa shape index (κ3) is 2.74. The van der Waals surface area contributed by atoms with E-state index >= 15 is 0 Å². The minimum atomic E-state index is 0.474. The van der Waals surface area contributed by atoms with Gasteiger partial charge in [0.15, 0.2) is 0 Å². The largest absolute Gasteiger partial charge is 0.383 e. The van der Waals surface area contributed by atoms with Gasteiger partial charge in [-0.15, -0.1) is 0 Å². The van der Waals surface area contributed by atoms with Crippen LogP contribution in [0.3, 0.4) is 0 Å². The smallest absolute Gasteiger partial charge is 0.0936 e. The second-order valence-corrected chi connectivity index (χ2v) is 5.08. The van der Waals surface area contributed by atoms with Crippen molar-refractivity contribution >= 4 is 11.3 Å². The molecular formula is C15H20N2O. The van der Waals surface area contributed by atoms with Gasteiger partial charge in [-0.3, -0.25) is 4.90 Å². The summed E-state index contributed by atoms with van der Waals surface area (Å²) in [6.07, 6.45) is 1.51. The minimum Gasteiger partial charge on any atom is -0.383 e. The molecule has 2 heterocycles. The maximum Gasteiger partial charge on any atom is 0.0936 e. The summed E-state index contributed by atoms with van der Waals surface area (Å²) in [5.41, 5.74) is 3.70. The molecule has 0 bridgehead atoms. The average molecular weight is 244 g/mol. The highest BCUT2D eigenvalue weighted by Crippen LogP contribution is 2.26. The van der Waals surface area contributed by atoms with E-state index in [-0.39, 0.29) is 0 Å². The van der Waals surface area contributed by atoms with Crippen molar-refractivity contribution in [3.05, 3.63) is 36.4 Å². The zero-order chi connectivity index (χ0) is 12.4. The lowest BCUT2D eigenvalue weighted by Gasteiger charge is -2.20. The summed E-state index contributed by atoms with van der Waals surface area (Å²) in [4.78, 5) is 2.47. The molecule has 3 nitrogen and oxygen atoms in total. The number of fused-ring (bicyclic) bond motifs is 1. The van der Waals surface area contributed by atoms with Gasteiger partial charge < -0.3 is 10.1 Å². The van der Waals surface area contributed by atoms with Crippen LogP contribution in [0, 0.1) is 0 Å². The predicted molar refractivity (Wildman–Crippen MR) is 74.8 cm³/mol. The van der Waals surface area contributed by atoms with Crippen LogP contribution in [0.25, 0.3) is 5.57 Å². The van der Waals surface area contributed by atoms with Crippen molar-refractivity contribution in [3.8, 4) is 0 Å². The molecule has 2 aliphatic rings. The Morgan fingerprint density at radius 2 is 2.17 bits per heavy atom.